The van der Waals surface area contributed by atoms with Crippen molar-refractivity contribution in [2.45, 2.75) is 6.54 Å². The molecule has 0 aliphatic rings. The van der Waals surface area contributed by atoms with Crippen molar-refractivity contribution >= 4 is 11.9 Å². The highest BCUT2D eigenvalue weighted by atomic mass is 16.5. The molecule has 1 aromatic rings. The summed E-state index contributed by atoms with van der Waals surface area (Å²) in [6, 6.07) is 4.66. The maximum Gasteiger partial charge on any atom is 0.330 e. The van der Waals surface area contributed by atoms with Crippen LogP contribution in [0.25, 0.3) is 0 Å². The maximum atomic E-state index is 11.5. The molecule has 0 radical (unpaired) electrons. The number of nitrogens with one attached hydrogen (secondary N) is 1. The number of methoxy groups -OCH3 is 1. The van der Waals surface area contributed by atoms with Crippen LogP contribution in [-0.4, -0.2) is 30.1 Å². The van der Waals surface area contributed by atoms with Gasteiger partial charge in [-0.3, -0.25) is 9.59 Å². The van der Waals surface area contributed by atoms with Crippen LogP contribution in [0.3, 0.4) is 0 Å². The number of ether oxygens (including phenoxy) is 1. The Morgan fingerprint density at radius 3 is 2.89 bits per heavy atom. The molecule has 0 aliphatic heterocycles. The van der Waals surface area contributed by atoms with E-state index < -0.39 is 5.97 Å². The third-order valence-corrected chi connectivity index (χ3v) is 2.09. The molecule has 0 unspecified atom stereocenters. The molecule has 0 spiro atoms. The number of pyridine rings is 1. The quantitative estimate of drug-likeness (QED) is 0.574. The zero-order valence-corrected chi connectivity index (χ0v) is 9.96. The van der Waals surface area contributed by atoms with Crippen molar-refractivity contribution in [1.82, 2.24) is 9.88 Å². The minimum atomic E-state index is -0.483. The minimum absolute atomic E-state index is 0.0499. The average Bonchev–Trinajstić information content (AvgIpc) is 2.37. The number of hydrogen-bond acceptors (Lipinski definition) is 4. The molecular formula is C12H14N2O4. The van der Waals surface area contributed by atoms with E-state index in [0.29, 0.717) is 0 Å². The Morgan fingerprint density at radius 1 is 1.44 bits per heavy atom. The van der Waals surface area contributed by atoms with Gasteiger partial charge in [-0.15, -0.1) is 0 Å². The van der Waals surface area contributed by atoms with Crippen molar-refractivity contribution in [2.24, 2.45) is 0 Å². The summed E-state index contributed by atoms with van der Waals surface area (Å²) in [5.41, 5.74) is -0.238. The maximum absolute atomic E-state index is 11.5. The second-order valence-electron chi connectivity index (χ2n) is 3.40. The number of aromatic nitrogens is 1. The van der Waals surface area contributed by atoms with E-state index >= 15 is 0 Å². The van der Waals surface area contributed by atoms with Crippen LogP contribution in [0.2, 0.25) is 0 Å². The van der Waals surface area contributed by atoms with E-state index in [-0.39, 0.29) is 24.6 Å². The second-order valence-corrected chi connectivity index (χ2v) is 3.40. The number of esters is 1. The van der Waals surface area contributed by atoms with Crippen LogP contribution in [0.4, 0.5) is 0 Å². The predicted molar refractivity (Wildman–Crippen MR) is 64.9 cm³/mol. The van der Waals surface area contributed by atoms with Crippen molar-refractivity contribution in [2.75, 3.05) is 13.7 Å². The molecule has 6 heteroatoms. The Balaban J connectivity index is 2.39. The van der Waals surface area contributed by atoms with Crippen LogP contribution in [-0.2, 0) is 20.9 Å². The van der Waals surface area contributed by atoms with Gasteiger partial charge in [0, 0.05) is 24.9 Å². The largest absolute Gasteiger partial charge is 0.466 e. The number of carbonyl (C=O) groups is 2. The molecule has 0 aromatic carbocycles. The topological polar surface area (TPSA) is 77.4 Å². The molecule has 0 atom stereocenters. The summed E-state index contributed by atoms with van der Waals surface area (Å²) in [4.78, 5) is 33.5. The summed E-state index contributed by atoms with van der Waals surface area (Å²) in [5.74, 6) is -0.790. The molecule has 0 fully saturated rings. The van der Waals surface area contributed by atoms with Gasteiger partial charge in [-0.25, -0.2) is 4.79 Å². The normalized spacial score (nSPS) is 10.3. The van der Waals surface area contributed by atoms with Crippen LogP contribution in [0.1, 0.15) is 0 Å². The fourth-order valence-corrected chi connectivity index (χ4v) is 1.20. The Bertz CT molecular complexity index is 505. The summed E-state index contributed by atoms with van der Waals surface area (Å²) >= 11 is 0. The van der Waals surface area contributed by atoms with E-state index in [1.54, 1.807) is 12.1 Å². The van der Waals surface area contributed by atoms with Crippen molar-refractivity contribution in [3.63, 3.8) is 0 Å². The van der Waals surface area contributed by atoms with Gasteiger partial charge in [0.1, 0.15) is 6.54 Å². The third-order valence-electron chi connectivity index (χ3n) is 2.09. The van der Waals surface area contributed by atoms with E-state index in [1.165, 1.54) is 36.1 Å². The van der Waals surface area contributed by atoms with Crippen molar-refractivity contribution < 1.29 is 14.3 Å². The molecule has 0 bridgehead atoms. The number of amides is 1. The summed E-state index contributed by atoms with van der Waals surface area (Å²) in [6.07, 6.45) is 4.22. The lowest BCUT2D eigenvalue weighted by Gasteiger charge is -2.04. The highest BCUT2D eigenvalue weighted by molar-refractivity contribution is 5.82. The fourth-order valence-electron chi connectivity index (χ4n) is 1.20. The van der Waals surface area contributed by atoms with E-state index in [1.807, 2.05) is 0 Å². The third kappa shape index (κ3) is 4.65. The average molecular weight is 250 g/mol. The first-order valence-electron chi connectivity index (χ1n) is 5.30. The van der Waals surface area contributed by atoms with Crippen LogP contribution >= 0.6 is 0 Å². The van der Waals surface area contributed by atoms with E-state index in [4.69, 9.17) is 0 Å². The Kier molecular flexibility index (Phi) is 5.37. The lowest BCUT2D eigenvalue weighted by molar-refractivity contribution is -0.134. The second kappa shape index (κ2) is 7.05. The molecule has 0 saturated carbocycles. The van der Waals surface area contributed by atoms with Gasteiger partial charge in [-0.1, -0.05) is 12.1 Å². The summed E-state index contributed by atoms with van der Waals surface area (Å²) in [7, 11) is 1.27. The number of hydrogen-bond donors (Lipinski definition) is 1. The first kappa shape index (κ1) is 13.7. The number of nitrogens with zero attached hydrogens (tertiary/aromatic N) is 1. The van der Waals surface area contributed by atoms with Gasteiger partial charge < -0.3 is 14.6 Å². The molecule has 1 aromatic heterocycles. The Morgan fingerprint density at radius 2 is 2.22 bits per heavy atom. The van der Waals surface area contributed by atoms with E-state index in [0.717, 1.165) is 0 Å². The van der Waals surface area contributed by atoms with Gasteiger partial charge >= 0.3 is 5.97 Å². The lowest BCUT2D eigenvalue weighted by atomic mass is 10.4. The first-order valence-corrected chi connectivity index (χ1v) is 5.30. The summed E-state index contributed by atoms with van der Waals surface area (Å²) in [6.45, 7) is 0.154. The van der Waals surface area contributed by atoms with E-state index in [2.05, 4.69) is 10.1 Å². The Labute approximate surface area is 104 Å². The fraction of sp³-hybridized carbons (Fsp3) is 0.250. The van der Waals surface area contributed by atoms with Crippen molar-refractivity contribution in [1.29, 1.82) is 0 Å². The standard InChI is InChI=1S/C12H14N2O4/c1-18-12(17)6-4-7-13-10(15)9-14-8-3-2-5-11(14)16/h2-6,8H,7,9H2,1H3,(H,13,15)/b6-4+. The molecule has 1 N–H and O–H groups in total. The number of carbonyl (C=O) groups excluding carboxylic acids is 2. The zero-order chi connectivity index (χ0) is 13.4. The molecule has 1 heterocycles. The van der Waals surface area contributed by atoms with Gasteiger partial charge in [0.25, 0.3) is 5.56 Å². The smallest absolute Gasteiger partial charge is 0.330 e. The highest BCUT2D eigenvalue weighted by Crippen LogP contribution is 1.83. The molecule has 6 nitrogen and oxygen atoms in total. The lowest BCUT2D eigenvalue weighted by Crippen LogP contribution is -2.31. The van der Waals surface area contributed by atoms with E-state index in [9.17, 15) is 14.4 Å². The highest BCUT2D eigenvalue weighted by Gasteiger charge is 2.01. The molecule has 96 valence electrons. The molecule has 0 aliphatic carbocycles. The monoisotopic (exact) mass is 250 g/mol. The molecule has 1 amide bonds. The van der Waals surface area contributed by atoms with Gasteiger partial charge in [0.15, 0.2) is 0 Å². The minimum Gasteiger partial charge on any atom is -0.466 e. The van der Waals surface area contributed by atoms with Crippen molar-refractivity contribution in [3.8, 4) is 0 Å². The Hall–Kier alpha value is -2.37. The SMILES string of the molecule is COC(=O)/C=C/CNC(=O)Cn1ccccc1=O. The molecular weight excluding hydrogens is 236 g/mol. The van der Waals surface area contributed by atoms with Gasteiger partial charge in [0.2, 0.25) is 5.91 Å². The van der Waals surface area contributed by atoms with Gasteiger partial charge in [0.05, 0.1) is 7.11 Å². The first-order chi connectivity index (χ1) is 8.63. The molecule has 1 rings (SSSR count). The predicted octanol–water partition coefficient (Wildman–Crippen LogP) is -0.306. The van der Waals surface area contributed by atoms with Crippen LogP contribution in [0, 0.1) is 0 Å². The van der Waals surface area contributed by atoms with Crippen molar-refractivity contribution in [3.05, 3.63) is 46.9 Å². The molecule has 18 heavy (non-hydrogen) atoms. The summed E-state index contributed by atoms with van der Waals surface area (Å²) < 4.78 is 5.68. The molecule has 0 saturated heterocycles. The zero-order valence-electron chi connectivity index (χ0n) is 9.96. The van der Waals surface area contributed by atoms with Gasteiger partial charge in [-0.2, -0.15) is 0 Å². The number of rotatable bonds is 5. The van der Waals surface area contributed by atoms with Crippen LogP contribution in [0.5, 0.6) is 0 Å². The summed E-state index contributed by atoms with van der Waals surface area (Å²) in [5, 5.41) is 2.54. The van der Waals surface area contributed by atoms with Crippen LogP contribution in [0.15, 0.2) is 41.3 Å². The van der Waals surface area contributed by atoms with Gasteiger partial charge in [-0.05, 0) is 6.07 Å². The van der Waals surface area contributed by atoms with Crippen LogP contribution < -0.4 is 10.9 Å².